The van der Waals surface area contributed by atoms with Crippen molar-refractivity contribution in [3.63, 3.8) is 0 Å². The summed E-state index contributed by atoms with van der Waals surface area (Å²) < 4.78 is 15.1. The van der Waals surface area contributed by atoms with Crippen LogP contribution in [0.1, 0.15) is 18.7 Å². The highest BCUT2D eigenvalue weighted by atomic mass is 16.6. The summed E-state index contributed by atoms with van der Waals surface area (Å²) in [6.45, 7) is 3.92. The van der Waals surface area contributed by atoms with Gasteiger partial charge in [-0.15, -0.1) is 0 Å². The summed E-state index contributed by atoms with van der Waals surface area (Å²) in [5.41, 5.74) is 0. The summed E-state index contributed by atoms with van der Waals surface area (Å²) in [4.78, 5) is 44.5. The number of esters is 1. The molecule has 2 atom stereocenters. The summed E-state index contributed by atoms with van der Waals surface area (Å²) in [6.07, 6.45) is 1.11. The number of nitrogens with one attached hydrogen (secondary N) is 1. The molecule has 1 N–H and O–H groups in total. The second-order valence-electron chi connectivity index (χ2n) is 6.08. The number of rotatable bonds is 3. The maximum atomic E-state index is 12.6. The second kappa shape index (κ2) is 8.11. The monoisotopic (exact) mass is 378 g/mol. The molecule has 2 amide bonds. The third kappa shape index (κ3) is 3.88. The Morgan fingerprint density at radius 2 is 2.07 bits per heavy atom. The van der Waals surface area contributed by atoms with Crippen molar-refractivity contribution in [2.45, 2.75) is 13.0 Å². The minimum absolute atomic E-state index is 0.321. The molecule has 1 saturated heterocycles. The van der Waals surface area contributed by atoms with E-state index in [4.69, 9.17) is 13.9 Å². The predicted molar refractivity (Wildman–Crippen MR) is 92.7 cm³/mol. The minimum Gasteiger partial charge on any atom is -0.468 e. The summed E-state index contributed by atoms with van der Waals surface area (Å²) in [5.74, 6) is -1.54. The molecule has 10 nitrogen and oxygen atoms in total. The Bertz CT molecular complexity index is 724. The fourth-order valence-electron chi connectivity index (χ4n) is 3.10. The number of hydrogen-bond donors (Lipinski definition) is 1. The summed E-state index contributed by atoms with van der Waals surface area (Å²) in [6, 6.07) is 2.53. The van der Waals surface area contributed by atoms with E-state index in [-0.39, 0.29) is 6.09 Å². The number of aliphatic imine (C=N–C) groups is 1. The Morgan fingerprint density at radius 1 is 1.33 bits per heavy atom. The first kappa shape index (κ1) is 18.7. The van der Waals surface area contributed by atoms with E-state index in [0.717, 1.165) is 0 Å². The van der Waals surface area contributed by atoms with Gasteiger partial charge >= 0.3 is 12.1 Å². The topological polar surface area (TPSA) is 114 Å². The molecule has 1 fully saturated rings. The van der Waals surface area contributed by atoms with Crippen molar-refractivity contribution in [1.29, 1.82) is 0 Å². The number of piperazine rings is 1. The van der Waals surface area contributed by atoms with Gasteiger partial charge in [0.05, 0.1) is 20.0 Å². The van der Waals surface area contributed by atoms with Gasteiger partial charge in [-0.05, 0) is 19.1 Å². The Kier molecular flexibility index (Phi) is 5.63. The van der Waals surface area contributed by atoms with Crippen LogP contribution in [0.4, 0.5) is 4.79 Å². The lowest BCUT2D eigenvalue weighted by Gasteiger charge is -2.38. The maximum Gasteiger partial charge on any atom is 0.409 e. The summed E-state index contributed by atoms with van der Waals surface area (Å²) >= 11 is 0. The number of carbonyl (C=O) groups excluding carboxylic acids is 3. The minimum atomic E-state index is -1.12. The van der Waals surface area contributed by atoms with Gasteiger partial charge in [-0.3, -0.25) is 14.9 Å². The van der Waals surface area contributed by atoms with Crippen molar-refractivity contribution in [2.24, 2.45) is 10.9 Å². The van der Waals surface area contributed by atoms with Gasteiger partial charge in [0.25, 0.3) is 0 Å². The first-order valence-electron chi connectivity index (χ1n) is 8.71. The zero-order valence-corrected chi connectivity index (χ0v) is 15.2. The molecule has 0 spiro atoms. The van der Waals surface area contributed by atoms with E-state index in [1.807, 2.05) is 4.90 Å². The summed E-state index contributed by atoms with van der Waals surface area (Å²) in [7, 11) is 1.22. The number of ether oxygens (including phenoxy) is 2. The highest BCUT2D eigenvalue weighted by Crippen LogP contribution is 2.31. The average Bonchev–Trinajstić information content (AvgIpc) is 3.22. The Balaban J connectivity index is 1.77. The molecule has 3 heterocycles. The normalized spacial score (nSPS) is 22.7. The average molecular weight is 378 g/mol. The zero-order chi connectivity index (χ0) is 19.4. The van der Waals surface area contributed by atoms with Crippen LogP contribution in [0.25, 0.3) is 0 Å². The van der Waals surface area contributed by atoms with Gasteiger partial charge < -0.3 is 23.7 Å². The van der Waals surface area contributed by atoms with Gasteiger partial charge in [0.15, 0.2) is 5.92 Å². The number of guanidine groups is 1. The molecular formula is C17H22N4O6. The van der Waals surface area contributed by atoms with Crippen molar-refractivity contribution < 1.29 is 28.3 Å². The number of amides is 2. The molecular weight excluding hydrogens is 356 g/mol. The maximum absolute atomic E-state index is 12.6. The smallest absolute Gasteiger partial charge is 0.409 e. The van der Waals surface area contributed by atoms with Gasteiger partial charge in [-0.2, -0.15) is 0 Å². The van der Waals surface area contributed by atoms with Gasteiger partial charge in [-0.1, -0.05) is 0 Å². The fourth-order valence-corrected chi connectivity index (χ4v) is 3.10. The quantitative estimate of drug-likeness (QED) is 0.597. The van der Waals surface area contributed by atoms with Crippen LogP contribution in [0.15, 0.2) is 27.8 Å². The lowest BCUT2D eigenvalue weighted by Crippen LogP contribution is -2.58. The van der Waals surface area contributed by atoms with E-state index in [0.29, 0.717) is 44.5 Å². The second-order valence-corrected chi connectivity index (χ2v) is 6.08. The molecule has 2 aliphatic rings. The van der Waals surface area contributed by atoms with Crippen LogP contribution < -0.4 is 5.32 Å². The Morgan fingerprint density at radius 3 is 2.67 bits per heavy atom. The highest BCUT2D eigenvalue weighted by Gasteiger charge is 2.43. The molecule has 10 heteroatoms. The van der Waals surface area contributed by atoms with Gasteiger partial charge in [0.2, 0.25) is 11.9 Å². The van der Waals surface area contributed by atoms with Crippen LogP contribution in [0, 0.1) is 5.92 Å². The number of nitrogens with zero attached hydrogens (tertiary/aromatic N) is 3. The third-order valence-electron chi connectivity index (χ3n) is 4.49. The summed E-state index contributed by atoms with van der Waals surface area (Å²) in [5, 5.41) is 2.67. The van der Waals surface area contributed by atoms with Crippen LogP contribution >= 0.6 is 0 Å². The molecule has 0 saturated carbocycles. The number of furan rings is 1. The molecule has 2 aliphatic heterocycles. The molecule has 27 heavy (non-hydrogen) atoms. The lowest BCUT2D eigenvalue weighted by molar-refractivity contribution is -0.151. The molecule has 0 unspecified atom stereocenters. The van der Waals surface area contributed by atoms with Crippen molar-refractivity contribution in [3.05, 3.63) is 24.2 Å². The number of carbonyl (C=O) groups is 3. The van der Waals surface area contributed by atoms with Crippen LogP contribution in [0.2, 0.25) is 0 Å². The van der Waals surface area contributed by atoms with E-state index in [2.05, 4.69) is 10.3 Å². The molecule has 0 aromatic carbocycles. The van der Waals surface area contributed by atoms with Gasteiger partial charge in [-0.25, -0.2) is 9.79 Å². The van der Waals surface area contributed by atoms with Gasteiger partial charge in [0.1, 0.15) is 11.8 Å². The number of hydrogen-bond acceptors (Lipinski definition) is 8. The van der Waals surface area contributed by atoms with Crippen molar-refractivity contribution >= 4 is 23.9 Å². The molecule has 146 valence electrons. The first-order valence-corrected chi connectivity index (χ1v) is 8.71. The Hall–Kier alpha value is -3.04. The van der Waals surface area contributed by atoms with E-state index in [9.17, 15) is 14.4 Å². The molecule has 0 aliphatic carbocycles. The standard InChI is InChI=1S/C17H22N4O6/c1-3-26-17(24)21-8-6-20(7-9-21)16-18-13(11-5-4-10-27-11)12(14(22)19-16)15(23)25-2/h4-5,10,12-13H,3,6-9H2,1-2H3,(H,18,19,22)/t12-,13-/m1/s1. The van der Waals surface area contributed by atoms with Crippen LogP contribution in [0.3, 0.4) is 0 Å². The molecule has 1 aromatic rings. The molecule has 1 aromatic heterocycles. The SMILES string of the molecule is CCOC(=O)N1CCN(C2=N[C@H](c3ccco3)[C@@H](C(=O)OC)C(=O)N2)CC1. The van der Waals surface area contributed by atoms with Crippen molar-refractivity contribution in [3.8, 4) is 0 Å². The fraction of sp³-hybridized carbons (Fsp3) is 0.529. The lowest BCUT2D eigenvalue weighted by atomic mass is 9.95. The van der Waals surface area contributed by atoms with Crippen LogP contribution in [-0.2, 0) is 19.1 Å². The zero-order valence-electron chi connectivity index (χ0n) is 15.2. The van der Waals surface area contributed by atoms with Crippen molar-refractivity contribution in [1.82, 2.24) is 15.1 Å². The number of methoxy groups -OCH3 is 1. The first-order chi connectivity index (χ1) is 13.0. The van der Waals surface area contributed by atoms with E-state index < -0.39 is 23.8 Å². The third-order valence-corrected chi connectivity index (χ3v) is 4.49. The molecule has 0 bridgehead atoms. The predicted octanol–water partition coefficient (Wildman–Crippen LogP) is 0.370. The van der Waals surface area contributed by atoms with Crippen LogP contribution in [0.5, 0.6) is 0 Å². The largest absolute Gasteiger partial charge is 0.468 e. The Labute approximate surface area is 156 Å². The van der Waals surface area contributed by atoms with Crippen molar-refractivity contribution in [2.75, 3.05) is 39.9 Å². The van der Waals surface area contributed by atoms with Crippen LogP contribution in [-0.4, -0.2) is 73.6 Å². The van der Waals surface area contributed by atoms with E-state index >= 15 is 0 Å². The van der Waals surface area contributed by atoms with Gasteiger partial charge in [0, 0.05) is 26.2 Å². The molecule has 0 radical (unpaired) electrons. The van der Waals surface area contributed by atoms with E-state index in [1.54, 1.807) is 24.0 Å². The highest BCUT2D eigenvalue weighted by molar-refractivity contribution is 6.08. The van der Waals surface area contributed by atoms with E-state index in [1.165, 1.54) is 13.4 Å². The molecule has 3 rings (SSSR count).